The van der Waals surface area contributed by atoms with Gasteiger partial charge in [0.1, 0.15) is 5.00 Å². The minimum Gasteiger partial charge on any atom is -0.462 e. The molecule has 1 aromatic heterocycles. The van der Waals surface area contributed by atoms with Crippen LogP contribution in [0.4, 0.5) is 5.00 Å². The van der Waals surface area contributed by atoms with Crippen LogP contribution in [0.15, 0.2) is 6.07 Å². The van der Waals surface area contributed by atoms with Gasteiger partial charge in [-0.05, 0) is 19.9 Å². The first-order valence-electron chi connectivity index (χ1n) is 5.64. The summed E-state index contributed by atoms with van der Waals surface area (Å²) in [6.07, 6.45) is 0. The number of ether oxygens (including phenoxy) is 1. The van der Waals surface area contributed by atoms with Crippen LogP contribution in [0, 0.1) is 12.8 Å². The summed E-state index contributed by atoms with van der Waals surface area (Å²) in [4.78, 5) is 24.4. The van der Waals surface area contributed by atoms with E-state index in [1.54, 1.807) is 19.9 Å². The highest BCUT2D eigenvalue weighted by Crippen LogP contribution is 2.28. The second kappa shape index (κ2) is 6.75. The van der Waals surface area contributed by atoms with Crippen LogP contribution >= 0.6 is 22.9 Å². The average Bonchev–Trinajstić information content (AvgIpc) is 2.69. The molecule has 0 aliphatic rings. The van der Waals surface area contributed by atoms with Crippen molar-refractivity contribution in [3.63, 3.8) is 0 Å². The Morgan fingerprint density at radius 3 is 2.78 bits per heavy atom. The normalized spacial score (nSPS) is 12.0. The van der Waals surface area contributed by atoms with E-state index in [1.807, 2.05) is 6.92 Å². The van der Waals surface area contributed by atoms with Crippen LogP contribution < -0.4 is 5.32 Å². The number of nitrogens with one attached hydrogen (secondary N) is 1. The number of hydrogen-bond acceptors (Lipinski definition) is 4. The largest absolute Gasteiger partial charge is 0.462 e. The maximum Gasteiger partial charge on any atom is 0.341 e. The predicted octanol–water partition coefficient (Wildman–Crippen LogP) is 3.05. The SMILES string of the molecule is CCOC(=O)c1cc(C)sc1NC(=O)C(C)CCl. The Bertz CT molecular complexity index is 445. The van der Waals surface area contributed by atoms with E-state index in [2.05, 4.69) is 5.32 Å². The summed E-state index contributed by atoms with van der Waals surface area (Å²) in [5.41, 5.74) is 0.398. The van der Waals surface area contributed by atoms with Gasteiger partial charge in [-0.2, -0.15) is 0 Å². The molecular formula is C12H16ClNO3S. The van der Waals surface area contributed by atoms with E-state index in [9.17, 15) is 9.59 Å². The number of anilines is 1. The molecule has 100 valence electrons. The first-order chi connectivity index (χ1) is 8.49. The second-order valence-corrected chi connectivity index (χ2v) is 5.43. The number of carbonyl (C=O) groups is 2. The van der Waals surface area contributed by atoms with Crippen molar-refractivity contribution in [1.29, 1.82) is 0 Å². The van der Waals surface area contributed by atoms with Gasteiger partial charge in [0.2, 0.25) is 5.91 Å². The van der Waals surface area contributed by atoms with E-state index in [-0.39, 0.29) is 17.7 Å². The smallest absolute Gasteiger partial charge is 0.341 e. The summed E-state index contributed by atoms with van der Waals surface area (Å²) in [5, 5.41) is 3.24. The first-order valence-corrected chi connectivity index (χ1v) is 6.99. The van der Waals surface area contributed by atoms with Crippen LogP contribution in [0.1, 0.15) is 29.1 Å². The lowest BCUT2D eigenvalue weighted by Gasteiger charge is -2.09. The average molecular weight is 290 g/mol. The number of carbonyl (C=O) groups excluding carboxylic acids is 2. The van der Waals surface area contributed by atoms with Crippen LogP contribution in [-0.4, -0.2) is 24.4 Å². The van der Waals surface area contributed by atoms with Crippen molar-refractivity contribution in [2.75, 3.05) is 17.8 Å². The van der Waals surface area contributed by atoms with Gasteiger partial charge in [0, 0.05) is 16.7 Å². The van der Waals surface area contributed by atoms with Crippen molar-refractivity contribution in [1.82, 2.24) is 0 Å². The molecule has 1 heterocycles. The molecule has 18 heavy (non-hydrogen) atoms. The number of alkyl halides is 1. The zero-order valence-corrected chi connectivity index (χ0v) is 12.2. The molecule has 0 radical (unpaired) electrons. The van der Waals surface area contributed by atoms with Crippen molar-refractivity contribution in [3.8, 4) is 0 Å². The van der Waals surface area contributed by atoms with Gasteiger partial charge >= 0.3 is 5.97 Å². The van der Waals surface area contributed by atoms with Gasteiger partial charge in [-0.25, -0.2) is 4.79 Å². The number of rotatable bonds is 5. The van der Waals surface area contributed by atoms with Gasteiger partial charge < -0.3 is 10.1 Å². The summed E-state index contributed by atoms with van der Waals surface area (Å²) < 4.78 is 4.94. The van der Waals surface area contributed by atoms with E-state index in [0.717, 1.165) is 4.88 Å². The third-order valence-electron chi connectivity index (χ3n) is 2.27. The Kier molecular flexibility index (Phi) is 5.62. The van der Waals surface area contributed by atoms with Crippen molar-refractivity contribution in [2.24, 2.45) is 5.92 Å². The van der Waals surface area contributed by atoms with Crippen LogP contribution in [0.25, 0.3) is 0 Å². The Hall–Kier alpha value is -1.07. The number of esters is 1. The van der Waals surface area contributed by atoms with Gasteiger partial charge in [0.25, 0.3) is 0 Å². The molecule has 0 saturated heterocycles. The molecule has 1 unspecified atom stereocenters. The van der Waals surface area contributed by atoms with Crippen molar-refractivity contribution >= 4 is 39.8 Å². The molecule has 1 atom stereocenters. The Morgan fingerprint density at radius 1 is 1.56 bits per heavy atom. The summed E-state index contributed by atoms with van der Waals surface area (Å²) in [6, 6.07) is 1.71. The Morgan fingerprint density at radius 2 is 2.22 bits per heavy atom. The summed E-state index contributed by atoms with van der Waals surface area (Å²) in [7, 11) is 0. The summed E-state index contributed by atoms with van der Waals surface area (Å²) in [5.74, 6) is -0.678. The fraction of sp³-hybridized carbons (Fsp3) is 0.500. The minimum atomic E-state index is -0.421. The molecule has 0 aliphatic carbocycles. The molecule has 6 heteroatoms. The summed E-state index contributed by atoms with van der Waals surface area (Å²) in [6.45, 7) is 5.64. The van der Waals surface area contributed by atoms with E-state index in [1.165, 1.54) is 11.3 Å². The quantitative estimate of drug-likeness (QED) is 0.669. The van der Waals surface area contributed by atoms with Crippen LogP contribution in [0.3, 0.4) is 0 Å². The molecule has 4 nitrogen and oxygen atoms in total. The Labute approximate surface area is 115 Å². The molecule has 0 aliphatic heterocycles. The van der Waals surface area contributed by atoms with Gasteiger partial charge in [-0.15, -0.1) is 22.9 Å². The lowest BCUT2D eigenvalue weighted by Crippen LogP contribution is -2.22. The third kappa shape index (κ3) is 3.71. The standard InChI is InChI=1S/C12H16ClNO3S/c1-4-17-12(16)9-5-8(3)18-11(9)14-10(15)7(2)6-13/h5,7H,4,6H2,1-3H3,(H,14,15). The zero-order valence-electron chi connectivity index (χ0n) is 10.6. The maximum absolute atomic E-state index is 11.7. The van der Waals surface area contributed by atoms with Crippen molar-refractivity contribution < 1.29 is 14.3 Å². The molecule has 0 bridgehead atoms. The molecule has 0 saturated carbocycles. The molecule has 1 rings (SSSR count). The molecule has 1 amide bonds. The topological polar surface area (TPSA) is 55.4 Å². The highest BCUT2D eigenvalue weighted by atomic mass is 35.5. The van der Waals surface area contributed by atoms with Crippen LogP contribution in [-0.2, 0) is 9.53 Å². The number of halogens is 1. The predicted molar refractivity (Wildman–Crippen MR) is 73.5 cm³/mol. The minimum absolute atomic E-state index is 0.197. The fourth-order valence-corrected chi connectivity index (χ4v) is 2.32. The van der Waals surface area contributed by atoms with Gasteiger partial charge in [0.15, 0.2) is 0 Å². The fourth-order valence-electron chi connectivity index (χ4n) is 1.27. The van der Waals surface area contributed by atoms with Crippen LogP contribution in [0.2, 0.25) is 0 Å². The monoisotopic (exact) mass is 289 g/mol. The first kappa shape index (κ1) is 15.0. The zero-order chi connectivity index (χ0) is 13.7. The third-order valence-corrected chi connectivity index (χ3v) is 3.70. The van der Waals surface area contributed by atoms with Gasteiger partial charge in [-0.3, -0.25) is 4.79 Å². The highest BCUT2D eigenvalue weighted by molar-refractivity contribution is 7.16. The van der Waals surface area contributed by atoms with Crippen LogP contribution in [0.5, 0.6) is 0 Å². The van der Waals surface area contributed by atoms with Crippen molar-refractivity contribution in [2.45, 2.75) is 20.8 Å². The maximum atomic E-state index is 11.7. The number of thiophene rings is 1. The lowest BCUT2D eigenvalue weighted by atomic mass is 10.2. The lowest BCUT2D eigenvalue weighted by molar-refractivity contribution is -0.118. The van der Waals surface area contributed by atoms with Crippen molar-refractivity contribution in [3.05, 3.63) is 16.5 Å². The molecule has 0 fully saturated rings. The van der Waals surface area contributed by atoms with E-state index in [0.29, 0.717) is 17.2 Å². The molecule has 0 aromatic carbocycles. The molecule has 1 aromatic rings. The number of hydrogen-bond donors (Lipinski definition) is 1. The molecular weight excluding hydrogens is 274 g/mol. The number of amides is 1. The number of aryl methyl sites for hydroxylation is 1. The van der Waals surface area contributed by atoms with Gasteiger partial charge in [-0.1, -0.05) is 6.92 Å². The highest BCUT2D eigenvalue weighted by Gasteiger charge is 2.19. The van der Waals surface area contributed by atoms with E-state index < -0.39 is 5.97 Å². The van der Waals surface area contributed by atoms with Gasteiger partial charge in [0.05, 0.1) is 12.2 Å². The van der Waals surface area contributed by atoms with E-state index >= 15 is 0 Å². The second-order valence-electron chi connectivity index (χ2n) is 3.86. The van der Waals surface area contributed by atoms with E-state index in [4.69, 9.17) is 16.3 Å². The summed E-state index contributed by atoms with van der Waals surface area (Å²) >= 11 is 6.97. The molecule has 1 N–H and O–H groups in total. The Balaban J connectivity index is 2.88. The molecule has 0 spiro atoms.